The van der Waals surface area contributed by atoms with Gasteiger partial charge in [-0.1, -0.05) is 24.0 Å². The zero-order chi connectivity index (χ0) is 17.1. The van der Waals surface area contributed by atoms with E-state index in [4.69, 9.17) is 21.7 Å². The largest absolute Gasteiger partial charge is 0.497 e. The number of imide groups is 1. The highest BCUT2D eigenvalue weighted by Crippen LogP contribution is 2.32. The smallest absolute Gasteiger partial charge is 0.247 e. The minimum atomic E-state index is -0.463. The highest BCUT2D eigenvalue weighted by Gasteiger charge is 2.41. The molecule has 0 bridgehead atoms. The van der Waals surface area contributed by atoms with E-state index in [1.807, 2.05) is 4.90 Å². The van der Waals surface area contributed by atoms with Crippen molar-refractivity contribution >= 4 is 45.8 Å². The average Bonchev–Trinajstić information content (AvgIpc) is 2.89. The van der Waals surface area contributed by atoms with Crippen molar-refractivity contribution in [1.82, 2.24) is 4.90 Å². The second kappa shape index (κ2) is 7.50. The van der Waals surface area contributed by atoms with Gasteiger partial charge in [-0.15, -0.1) is 0 Å². The number of thiocarbonyl (C=S) groups is 1. The summed E-state index contributed by atoms with van der Waals surface area (Å²) in [5.74, 6) is 0.260. The summed E-state index contributed by atoms with van der Waals surface area (Å²) >= 11 is 6.72. The lowest BCUT2D eigenvalue weighted by Crippen LogP contribution is -2.39. The molecule has 1 aromatic rings. The monoisotopic (exact) mass is 366 g/mol. The zero-order valence-electron chi connectivity index (χ0n) is 13.3. The number of benzene rings is 1. The predicted molar refractivity (Wildman–Crippen MR) is 96.5 cm³/mol. The molecule has 1 atom stereocenters. The Morgan fingerprint density at radius 2 is 1.92 bits per heavy atom. The molecule has 3 rings (SSSR count). The minimum Gasteiger partial charge on any atom is -0.497 e. The molecule has 8 heteroatoms. The molecule has 2 saturated heterocycles. The highest BCUT2D eigenvalue weighted by molar-refractivity contribution is 8.23. The number of amides is 2. The molecule has 0 N–H and O–H groups in total. The van der Waals surface area contributed by atoms with Crippen LogP contribution in [0.15, 0.2) is 24.3 Å². The standard InChI is InChI=1S/C16H18N2O4S2/c1-21-12-4-2-11(3-5-12)18-14(19)10-13(15(18)20)24-16(23)17-6-8-22-9-7-17/h2-5,13H,6-10H2,1H3/t13-/m0/s1. The molecule has 2 fully saturated rings. The van der Waals surface area contributed by atoms with Gasteiger partial charge in [-0.05, 0) is 24.3 Å². The second-order valence-electron chi connectivity index (χ2n) is 5.44. The van der Waals surface area contributed by atoms with E-state index in [2.05, 4.69) is 0 Å². The average molecular weight is 366 g/mol. The quantitative estimate of drug-likeness (QED) is 0.596. The van der Waals surface area contributed by atoms with Crippen LogP contribution in [0.1, 0.15) is 6.42 Å². The molecule has 1 aromatic carbocycles. The number of nitrogens with zero attached hydrogens (tertiary/aromatic N) is 2. The van der Waals surface area contributed by atoms with Crippen molar-refractivity contribution in [3.63, 3.8) is 0 Å². The number of rotatable bonds is 3. The summed E-state index contributed by atoms with van der Waals surface area (Å²) in [7, 11) is 1.57. The van der Waals surface area contributed by atoms with Gasteiger partial charge in [-0.2, -0.15) is 0 Å². The van der Waals surface area contributed by atoms with Gasteiger partial charge in [0.05, 0.1) is 26.0 Å². The van der Waals surface area contributed by atoms with E-state index in [9.17, 15) is 9.59 Å². The molecule has 2 aliphatic rings. The third-order valence-corrected chi connectivity index (χ3v) is 5.61. The normalized spacial score (nSPS) is 21.3. The van der Waals surface area contributed by atoms with Crippen LogP contribution in [0.3, 0.4) is 0 Å². The molecule has 2 aliphatic heterocycles. The van der Waals surface area contributed by atoms with Crippen molar-refractivity contribution in [2.45, 2.75) is 11.7 Å². The van der Waals surface area contributed by atoms with Crippen molar-refractivity contribution in [3.05, 3.63) is 24.3 Å². The van der Waals surface area contributed by atoms with E-state index in [1.165, 1.54) is 16.7 Å². The van der Waals surface area contributed by atoms with Crippen molar-refractivity contribution < 1.29 is 19.1 Å². The van der Waals surface area contributed by atoms with E-state index in [1.54, 1.807) is 31.4 Å². The summed E-state index contributed by atoms with van der Waals surface area (Å²) in [6, 6.07) is 6.88. The Balaban J connectivity index is 1.67. The first-order valence-corrected chi connectivity index (χ1v) is 8.93. The van der Waals surface area contributed by atoms with E-state index in [0.29, 0.717) is 29.0 Å². The van der Waals surface area contributed by atoms with Crippen LogP contribution in [0.25, 0.3) is 0 Å². The fraction of sp³-hybridized carbons (Fsp3) is 0.438. The molecule has 0 unspecified atom stereocenters. The summed E-state index contributed by atoms with van der Waals surface area (Å²) in [5, 5.41) is -0.463. The molecule has 2 amide bonds. The fourth-order valence-electron chi connectivity index (χ4n) is 2.64. The predicted octanol–water partition coefficient (Wildman–Crippen LogP) is 1.68. The number of hydrogen-bond donors (Lipinski definition) is 0. The van der Waals surface area contributed by atoms with Crippen LogP contribution in [-0.4, -0.2) is 59.7 Å². The van der Waals surface area contributed by atoms with Crippen molar-refractivity contribution in [2.24, 2.45) is 0 Å². The Morgan fingerprint density at radius 3 is 2.54 bits per heavy atom. The first kappa shape index (κ1) is 17.2. The van der Waals surface area contributed by atoms with Crippen molar-refractivity contribution in [1.29, 1.82) is 0 Å². The molecule has 128 valence electrons. The maximum absolute atomic E-state index is 12.6. The molecule has 0 radical (unpaired) electrons. The number of hydrogen-bond acceptors (Lipinski definition) is 6. The van der Waals surface area contributed by atoms with Gasteiger partial charge >= 0.3 is 0 Å². The summed E-state index contributed by atoms with van der Waals surface area (Å²) in [4.78, 5) is 28.2. The number of morpholine rings is 1. The number of methoxy groups -OCH3 is 1. The summed E-state index contributed by atoms with van der Waals surface area (Å²) in [5.41, 5.74) is 0.561. The highest BCUT2D eigenvalue weighted by atomic mass is 32.2. The first-order valence-electron chi connectivity index (χ1n) is 7.64. The zero-order valence-corrected chi connectivity index (χ0v) is 14.9. The number of thioether (sulfide) groups is 1. The van der Waals surface area contributed by atoms with Crippen molar-refractivity contribution in [2.75, 3.05) is 38.3 Å². The van der Waals surface area contributed by atoms with E-state index >= 15 is 0 Å². The summed E-state index contributed by atoms with van der Waals surface area (Å²) < 4.78 is 11.1. The van der Waals surface area contributed by atoms with Gasteiger partial charge in [0, 0.05) is 19.5 Å². The number of ether oxygens (including phenoxy) is 2. The van der Waals surface area contributed by atoms with Crippen LogP contribution in [0.5, 0.6) is 5.75 Å². The molecule has 0 spiro atoms. The third kappa shape index (κ3) is 3.55. The lowest BCUT2D eigenvalue weighted by atomic mass is 10.3. The van der Waals surface area contributed by atoms with Crippen LogP contribution >= 0.6 is 24.0 Å². The Kier molecular flexibility index (Phi) is 5.37. The van der Waals surface area contributed by atoms with Crippen LogP contribution < -0.4 is 9.64 Å². The molecule has 24 heavy (non-hydrogen) atoms. The lowest BCUT2D eigenvalue weighted by Gasteiger charge is -2.29. The molecule has 0 aromatic heterocycles. The lowest BCUT2D eigenvalue weighted by molar-refractivity contribution is -0.121. The molecule has 0 aliphatic carbocycles. The van der Waals surface area contributed by atoms with Gasteiger partial charge in [0.25, 0.3) is 0 Å². The Labute approximate surface area is 150 Å². The maximum Gasteiger partial charge on any atom is 0.247 e. The Morgan fingerprint density at radius 1 is 1.25 bits per heavy atom. The molecular formula is C16H18N2O4S2. The van der Waals surface area contributed by atoms with E-state index < -0.39 is 5.25 Å². The number of anilines is 1. The Bertz CT molecular complexity index is 644. The van der Waals surface area contributed by atoms with E-state index in [-0.39, 0.29) is 18.2 Å². The van der Waals surface area contributed by atoms with Gasteiger partial charge < -0.3 is 14.4 Å². The summed E-state index contributed by atoms with van der Waals surface area (Å²) in [6.07, 6.45) is 0.167. The third-order valence-electron chi connectivity index (χ3n) is 3.95. The SMILES string of the molecule is COc1ccc(N2C(=O)C[C@H](SC(=S)N3CCOCC3)C2=O)cc1. The van der Waals surface area contributed by atoms with Crippen LogP contribution in [0.4, 0.5) is 5.69 Å². The summed E-state index contributed by atoms with van der Waals surface area (Å²) in [6.45, 7) is 2.72. The van der Waals surface area contributed by atoms with Crippen LogP contribution in [0.2, 0.25) is 0 Å². The molecule has 2 heterocycles. The van der Waals surface area contributed by atoms with Gasteiger partial charge in [0.2, 0.25) is 11.8 Å². The van der Waals surface area contributed by atoms with Crippen molar-refractivity contribution in [3.8, 4) is 5.75 Å². The maximum atomic E-state index is 12.6. The van der Waals surface area contributed by atoms with E-state index in [0.717, 1.165) is 13.1 Å². The van der Waals surface area contributed by atoms with Crippen LogP contribution in [0, 0.1) is 0 Å². The topological polar surface area (TPSA) is 59.1 Å². The first-order chi connectivity index (χ1) is 11.6. The van der Waals surface area contributed by atoms with Gasteiger partial charge in [-0.3, -0.25) is 9.59 Å². The fourth-order valence-corrected chi connectivity index (χ4v) is 4.18. The van der Waals surface area contributed by atoms with Gasteiger partial charge in [0.15, 0.2) is 0 Å². The minimum absolute atomic E-state index is 0.167. The second-order valence-corrected chi connectivity index (χ2v) is 7.28. The van der Waals surface area contributed by atoms with Gasteiger partial charge in [0.1, 0.15) is 15.3 Å². The molecular weight excluding hydrogens is 348 g/mol. The number of carbonyl (C=O) groups is 2. The van der Waals surface area contributed by atoms with Crippen LogP contribution in [-0.2, 0) is 14.3 Å². The van der Waals surface area contributed by atoms with Gasteiger partial charge in [-0.25, -0.2) is 4.90 Å². The number of carbonyl (C=O) groups excluding carboxylic acids is 2. The Hall–Kier alpha value is -1.64. The molecule has 6 nitrogen and oxygen atoms in total. The molecule has 0 saturated carbocycles.